The summed E-state index contributed by atoms with van der Waals surface area (Å²) in [6.07, 6.45) is 2.87. The second kappa shape index (κ2) is 4.75. The van der Waals surface area contributed by atoms with Crippen LogP contribution < -0.4 is 5.32 Å². The second-order valence-corrected chi connectivity index (χ2v) is 3.68. The van der Waals surface area contributed by atoms with Crippen molar-refractivity contribution in [2.45, 2.75) is 13.5 Å². The molecule has 0 amide bonds. The Hall–Kier alpha value is -1.90. The molecule has 0 aliphatic carbocycles. The van der Waals surface area contributed by atoms with Crippen LogP contribution in [0.4, 0.5) is 10.1 Å². The summed E-state index contributed by atoms with van der Waals surface area (Å²) in [4.78, 5) is 3.80. The van der Waals surface area contributed by atoms with E-state index in [-0.39, 0.29) is 5.82 Å². The summed E-state index contributed by atoms with van der Waals surface area (Å²) in [6.45, 7) is 2.61. The lowest BCUT2D eigenvalue weighted by atomic mass is 10.2. The quantitative estimate of drug-likeness (QED) is 0.852. The molecule has 2 aromatic rings. The van der Waals surface area contributed by atoms with E-state index < -0.39 is 0 Å². The number of anilines is 1. The minimum absolute atomic E-state index is 0.302. The van der Waals surface area contributed by atoms with Gasteiger partial charge in [-0.25, -0.2) is 4.39 Å². The van der Waals surface area contributed by atoms with E-state index in [0.29, 0.717) is 6.54 Å². The van der Waals surface area contributed by atoms with Crippen LogP contribution in [0.15, 0.2) is 42.7 Å². The Bertz CT molecular complexity index is 483. The zero-order chi connectivity index (χ0) is 11.4. The van der Waals surface area contributed by atoms with Crippen LogP contribution >= 0.6 is 0 Å². The number of benzene rings is 1. The van der Waals surface area contributed by atoms with Gasteiger partial charge >= 0.3 is 0 Å². The lowest BCUT2D eigenvalue weighted by molar-refractivity contribution is 0.619. The Balaban J connectivity index is 2.05. The number of rotatable bonds is 3. The van der Waals surface area contributed by atoms with Crippen molar-refractivity contribution < 1.29 is 4.39 Å². The molecule has 0 radical (unpaired) electrons. The Labute approximate surface area is 94.2 Å². The summed E-state index contributed by atoms with van der Waals surface area (Å²) < 4.78 is 12.9. The molecule has 2 nitrogen and oxygen atoms in total. The predicted molar refractivity (Wildman–Crippen MR) is 62.7 cm³/mol. The van der Waals surface area contributed by atoms with Crippen LogP contribution in [0.1, 0.15) is 11.1 Å². The van der Waals surface area contributed by atoms with Crippen LogP contribution in [0.2, 0.25) is 0 Å². The van der Waals surface area contributed by atoms with E-state index in [9.17, 15) is 4.39 Å². The van der Waals surface area contributed by atoms with Crippen LogP contribution in [0.3, 0.4) is 0 Å². The van der Waals surface area contributed by atoms with Gasteiger partial charge in [0.05, 0.1) is 6.20 Å². The standard InChI is InChI=1S/C13H13FN2/c1-10-4-2-3-5-13(10)16-8-11-6-12(14)9-15-7-11/h2-7,9,16H,8H2,1H3. The average molecular weight is 216 g/mol. The van der Waals surface area contributed by atoms with Gasteiger partial charge in [-0.15, -0.1) is 0 Å². The van der Waals surface area contributed by atoms with Crippen molar-refractivity contribution >= 4 is 5.69 Å². The first-order valence-corrected chi connectivity index (χ1v) is 5.14. The molecule has 1 N–H and O–H groups in total. The van der Waals surface area contributed by atoms with Gasteiger partial charge in [0.1, 0.15) is 5.82 Å². The Morgan fingerprint density at radius 1 is 1.25 bits per heavy atom. The number of hydrogen-bond donors (Lipinski definition) is 1. The van der Waals surface area contributed by atoms with Gasteiger partial charge < -0.3 is 5.32 Å². The Kier molecular flexibility index (Phi) is 3.15. The molecular formula is C13H13FN2. The topological polar surface area (TPSA) is 24.9 Å². The number of aromatic nitrogens is 1. The normalized spacial score (nSPS) is 10.1. The summed E-state index contributed by atoms with van der Waals surface area (Å²) >= 11 is 0. The lowest BCUT2D eigenvalue weighted by Crippen LogP contribution is -2.01. The van der Waals surface area contributed by atoms with E-state index in [0.717, 1.165) is 11.3 Å². The van der Waals surface area contributed by atoms with Gasteiger partial charge in [-0.1, -0.05) is 18.2 Å². The molecule has 0 saturated heterocycles. The minimum atomic E-state index is -0.302. The van der Waals surface area contributed by atoms with E-state index >= 15 is 0 Å². The fourth-order valence-corrected chi connectivity index (χ4v) is 1.52. The van der Waals surface area contributed by atoms with Crippen LogP contribution in [-0.4, -0.2) is 4.98 Å². The highest BCUT2D eigenvalue weighted by atomic mass is 19.1. The molecule has 3 heteroatoms. The summed E-state index contributed by atoms with van der Waals surface area (Å²) in [6, 6.07) is 9.48. The van der Waals surface area contributed by atoms with Crippen molar-refractivity contribution in [1.82, 2.24) is 4.98 Å². The third-order valence-corrected chi connectivity index (χ3v) is 2.39. The third-order valence-electron chi connectivity index (χ3n) is 2.39. The largest absolute Gasteiger partial charge is 0.381 e. The molecule has 0 spiro atoms. The van der Waals surface area contributed by atoms with Gasteiger partial charge in [-0.3, -0.25) is 4.98 Å². The van der Waals surface area contributed by atoms with Crippen molar-refractivity contribution in [2.75, 3.05) is 5.32 Å². The summed E-state index contributed by atoms with van der Waals surface area (Å²) in [7, 11) is 0. The minimum Gasteiger partial charge on any atom is -0.381 e. The molecule has 0 saturated carbocycles. The van der Waals surface area contributed by atoms with E-state index in [2.05, 4.69) is 10.3 Å². The number of hydrogen-bond acceptors (Lipinski definition) is 2. The first kappa shape index (κ1) is 10.6. The van der Waals surface area contributed by atoms with E-state index in [1.54, 1.807) is 6.20 Å². The molecule has 2 rings (SSSR count). The molecule has 16 heavy (non-hydrogen) atoms. The van der Waals surface area contributed by atoms with E-state index in [4.69, 9.17) is 0 Å². The molecule has 82 valence electrons. The van der Waals surface area contributed by atoms with Gasteiger partial charge in [0.25, 0.3) is 0 Å². The fraction of sp³-hybridized carbons (Fsp3) is 0.154. The number of aryl methyl sites for hydroxylation is 1. The fourth-order valence-electron chi connectivity index (χ4n) is 1.52. The first-order valence-electron chi connectivity index (χ1n) is 5.14. The highest BCUT2D eigenvalue weighted by Crippen LogP contribution is 2.14. The molecule has 1 heterocycles. The monoisotopic (exact) mass is 216 g/mol. The zero-order valence-electron chi connectivity index (χ0n) is 9.07. The molecular weight excluding hydrogens is 203 g/mol. The number of para-hydroxylation sites is 1. The number of pyridine rings is 1. The average Bonchev–Trinajstić information content (AvgIpc) is 2.28. The Morgan fingerprint density at radius 2 is 2.06 bits per heavy atom. The van der Waals surface area contributed by atoms with Crippen LogP contribution in [-0.2, 0) is 6.54 Å². The molecule has 0 bridgehead atoms. The van der Waals surface area contributed by atoms with Gasteiger partial charge in [0.2, 0.25) is 0 Å². The molecule has 1 aromatic heterocycles. The van der Waals surface area contributed by atoms with Gasteiger partial charge in [0.15, 0.2) is 0 Å². The van der Waals surface area contributed by atoms with Crippen LogP contribution in [0.25, 0.3) is 0 Å². The maximum absolute atomic E-state index is 12.9. The second-order valence-electron chi connectivity index (χ2n) is 3.68. The maximum Gasteiger partial charge on any atom is 0.141 e. The third kappa shape index (κ3) is 2.57. The molecule has 1 aromatic carbocycles. The molecule has 0 atom stereocenters. The highest BCUT2D eigenvalue weighted by molar-refractivity contribution is 5.50. The Morgan fingerprint density at radius 3 is 2.81 bits per heavy atom. The highest BCUT2D eigenvalue weighted by Gasteiger charge is 1.98. The van der Waals surface area contributed by atoms with Crippen molar-refractivity contribution in [3.05, 3.63) is 59.7 Å². The first-order chi connectivity index (χ1) is 7.75. The lowest BCUT2D eigenvalue weighted by Gasteiger charge is -2.08. The zero-order valence-corrected chi connectivity index (χ0v) is 9.07. The number of halogens is 1. The maximum atomic E-state index is 12.9. The van der Waals surface area contributed by atoms with Gasteiger partial charge in [-0.05, 0) is 30.2 Å². The summed E-state index contributed by atoms with van der Waals surface area (Å²) in [5.74, 6) is -0.302. The van der Waals surface area contributed by atoms with Crippen molar-refractivity contribution in [2.24, 2.45) is 0 Å². The summed E-state index contributed by atoms with van der Waals surface area (Å²) in [5, 5.41) is 3.25. The molecule has 0 fully saturated rings. The van der Waals surface area contributed by atoms with E-state index in [1.165, 1.54) is 17.8 Å². The predicted octanol–water partition coefficient (Wildman–Crippen LogP) is 3.14. The van der Waals surface area contributed by atoms with Crippen molar-refractivity contribution in [3.63, 3.8) is 0 Å². The van der Waals surface area contributed by atoms with Crippen LogP contribution in [0, 0.1) is 12.7 Å². The summed E-state index contributed by atoms with van der Waals surface area (Å²) in [5.41, 5.74) is 3.07. The van der Waals surface area contributed by atoms with Crippen LogP contribution in [0.5, 0.6) is 0 Å². The van der Waals surface area contributed by atoms with Gasteiger partial charge in [-0.2, -0.15) is 0 Å². The molecule has 0 unspecified atom stereocenters. The number of nitrogens with zero attached hydrogens (tertiary/aromatic N) is 1. The SMILES string of the molecule is Cc1ccccc1NCc1cncc(F)c1. The van der Waals surface area contributed by atoms with Gasteiger partial charge in [0, 0.05) is 18.4 Å². The smallest absolute Gasteiger partial charge is 0.141 e. The molecule has 0 aliphatic heterocycles. The van der Waals surface area contributed by atoms with Crippen molar-refractivity contribution in [3.8, 4) is 0 Å². The number of nitrogens with one attached hydrogen (secondary N) is 1. The van der Waals surface area contributed by atoms with E-state index in [1.807, 2.05) is 31.2 Å². The molecule has 0 aliphatic rings. The van der Waals surface area contributed by atoms with Crippen molar-refractivity contribution in [1.29, 1.82) is 0 Å².